The summed E-state index contributed by atoms with van der Waals surface area (Å²) in [4.78, 5) is 262. The molecule has 690 valence electrons. The molecule has 2 aliphatic rings. The van der Waals surface area contributed by atoms with E-state index >= 15 is 0 Å². The molecule has 2 fully saturated rings. The zero-order valence-electron chi connectivity index (χ0n) is 70.9. The van der Waals surface area contributed by atoms with Crippen LogP contribution in [0.3, 0.4) is 0 Å². The maximum Gasteiger partial charge on any atom is 0.326 e. The summed E-state index contributed by atoms with van der Waals surface area (Å²) in [5.41, 5.74) is 17.7. The number of nitrogens with zero attached hydrogens (tertiary/aromatic N) is 4. The van der Waals surface area contributed by atoms with Crippen molar-refractivity contribution in [1.29, 1.82) is 5.41 Å². The molecular weight excluding hydrogens is 1640 g/mol. The first kappa shape index (κ1) is 103. The molecule has 0 aliphatic carbocycles. The fourth-order valence-corrected chi connectivity index (χ4v) is 13.6. The van der Waals surface area contributed by atoms with E-state index in [0.29, 0.717) is 18.4 Å². The number of hydrogen-bond donors (Lipinski definition) is 25. The number of imidazole rings is 2. The van der Waals surface area contributed by atoms with Crippen LogP contribution in [0, 0.1) is 23.2 Å². The van der Waals surface area contributed by atoms with Gasteiger partial charge in [0.05, 0.1) is 68.8 Å². The van der Waals surface area contributed by atoms with Gasteiger partial charge in [-0.05, 0) is 88.5 Å². The number of likely N-dealkylation sites (tertiary alicyclic amines) is 2. The number of nitrogens with two attached hydrogens (primary N) is 3. The van der Waals surface area contributed by atoms with Gasteiger partial charge in [-0.2, -0.15) is 0 Å². The van der Waals surface area contributed by atoms with E-state index < -0.39 is 254 Å². The Balaban J connectivity index is 1.26. The number of aromatic nitrogens is 4. The highest BCUT2D eigenvalue weighted by atomic mass is 16.4. The predicted molar refractivity (Wildman–Crippen MR) is 441 cm³/mol. The summed E-state index contributed by atoms with van der Waals surface area (Å²) in [6, 6.07) is -15.0. The van der Waals surface area contributed by atoms with Gasteiger partial charge in [0.1, 0.15) is 84.6 Å². The number of primary amides is 1. The Kier molecular flexibility index (Phi) is 41.7. The first-order valence-electron chi connectivity index (χ1n) is 41.0. The lowest BCUT2D eigenvalue weighted by molar-refractivity contribution is -0.144. The van der Waals surface area contributed by atoms with E-state index in [9.17, 15) is 112 Å². The summed E-state index contributed by atoms with van der Waals surface area (Å²) in [6.45, 7) is 9.77. The molecule has 28 N–H and O–H groups in total. The van der Waals surface area contributed by atoms with E-state index in [1.807, 2.05) is 0 Å². The van der Waals surface area contributed by atoms with Crippen molar-refractivity contribution in [3.63, 3.8) is 0 Å². The molecule has 1 aromatic carbocycles. The highest BCUT2D eigenvalue weighted by molar-refractivity contribution is 6.02. The molecule has 0 saturated carbocycles. The van der Waals surface area contributed by atoms with Crippen molar-refractivity contribution in [3.8, 4) is 0 Å². The number of aromatic amines is 2. The lowest BCUT2D eigenvalue weighted by atomic mass is 9.96. The Morgan fingerprint density at radius 1 is 0.512 bits per heavy atom. The number of carbonyl (C=O) groups is 18. The molecule has 0 unspecified atom stereocenters. The van der Waals surface area contributed by atoms with Crippen LogP contribution in [0.1, 0.15) is 143 Å². The molecule has 5 rings (SSSR count). The van der Waals surface area contributed by atoms with Crippen molar-refractivity contribution in [2.45, 2.75) is 242 Å². The van der Waals surface area contributed by atoms with Crippen LogP contribution >= 0.6 is 0 Å². The van der Waals surface area contributed by atoms with Gasteiger partial charge in [-0.1, -0.05) is 78.3 Å². The Morgan fingerprint density at radius 2 is 0.984 bits per heavy atom. The van der Waals surface area contributed by atoms with Crippen LogP contribution in [-0.4, -0.2) is 304 Å². The van der Waals surface area contributed by atoms with Crippen molar-refractivity contribution in [2.24, 2.45) is 35.0 Å². The average Bonchev–Trinajstić information content (AvgIpc) is 1.73. The zero-order valence-corrected chi connectivity index (χ0v) is 70.9. The first-order chi connectivity index (χ1) is 59.1. The van der Waals surface area contributed by atoms with Crippen LogP contribution in [0.5, 0.6) is 0 Å². The third-order valence-electron chi connectivity index (χ3n) is 20.5. The van der Waals surface area contributed by atoms with Gasteiger partial charge >= 0.3 is 11.9 Å². The number of benzene rings is 1. The van der Waals surface area contributed by atoms with E-state index in [2.05, 4.69) is 94.4 Å². The lowest BCUT2D eigenvalue weighted by Gasteiger charge is -2.31. The summed E-state index contributed by atoms with van der Waals surface area (Å²) in [5.74, 6) is -20.1. The number of carboxylic acid groups (broad SMARTS) is 2. The molecule has 0 spiro atoms. The third-order valence-corrected chi connectivity index (χ3v) is 20.5. The first-order valence-corrected chi connectivity index (χ1v) is 41.0. The molecule has 2 aromatic heterocycles. The lowest BCUT2D eigenvalue weighted by Crippen LogP contribution is -2.62. The Morgan fingerprint density at radius 3 is 1.51 bits per heavy atom. The number of carbonyl (C=O) groups excluding carboxylic acids is 16. The molecule has 16 amide bonds. The quantitative estimate of drug-likeness (QED) is 0.0142. The summed E-state index contributed by atoms with van der Waals surface area (Å²) >= 11 is 0. The summed E-state index contributed by atoms with van der Waals surface area (Å²) in [7, 11) is 0. The van der Waals surface area contributed by atoms with Gasteiger partial charge in [0, 0.05) is 51.3 Å². The maximum absolute atomic E-state index is 14.5. The second kappa shape index (κ2) is 50.7. The van der Waals surface area contributed by atoms with Crippen molar-refractivity contribution in [3.05, 3.63) is 72.3 Å². The van der Waals surface area contributed by atoms with Gasteiger partial charge in [-0.3, -0.25) is 86.9 Å². The number of H-pyrrole nitrogens is 2. The number of carboxylic acids is 2. The SMILES string of the molecule is CC[C@H](C)[C@H](NC(=O)[C@@H]1CCCN1C(=O)CNC(=O)[C@H](Cc1ccccc1)NC(=O)[C@@H]1CCCN1C(=O)[C@H](CO)NC(=O)[C@@H](NC(=O)[C@H](CCCNC(=N)N)NC(=O)[C@H](C)NC(=O)[C@H](CC(N)=O)NC(=O)[C@H](Cc1c[nH]cn1)NC(=O)[C@H](Cc1c[nH]cn1)NC(=O)[C@@H](N)CC(=O)O)[C@@H](C)O)C(=O)N[C@@H](CC(C)C)C(=O)N[C@@H](CO)C(=O)N[C@@H](CC(C)C)C(=O)O. The molecule has 125 heavy (non-hydrogen) atoms. The van der Waals surface area contributed by atoms with Gasteiger partial charge in [-0.25, -0.2) is 14.8 Å². The van der Waals surface area contributed by atoms with E-state index in [1.54, 1.807) is 71.9 Å². The van der Waals surface area contributed by atoms with E-state index in [4.69, 9.17) is 22.6 Å². The number of amides is 16. The smallest absolute Gasteiger partial charge is 0.326 e. The van der Waals surface area contributed by atoms with E-state index in [0.717, 1.165) is 18.7 Å². The Bertz CT molecular complexity index is 4210. The molecule has 2 saturated heterocycles. The van der Waals surface area contributed by atoms with Crippen LogP contribution in [0.2, 0.25) is 0 Å². The summed E-state index contributed by atoms with van der Waals surface area (Å²) in [6.07, 6.45) is 1.60. The fraction of sp³-hybridized carbons (Fsp3) is 0.603. The topological polar surface area (TPSA) is 743 Å². The molecule has 0 radical (unpaired) electrons. The molecular formula is C78H120N24O23. The van der Waals surface area contributed by atoms with Crippen LogP contribution in [0.25, 0.3) is 0 Å². The molecule has 2 aliphatic heterocycles. The maximum atomic E-state index is 14.5. The number of rotatable bonds is 52. The number of nitrogens with one attached hydrogen (secondary N) is 17. The molecule has 47 heteroatoms. The molecule has 17 atom stereocenters. The van der Waals surface area contributed by atoms with E-state index in [1.165, 1.54) is 29.9 Å². The standard InChI is InChI=1S/C78H120N24O23/c1-9-40(6)61(74(121)95-48(24-38(2)3)68(115)97-54(34-103)71(118)96-53(77(124)125)25-39(4)5)99-73(120)56-19-14-22-101(56)59(107)33-86-65(112)49(26-43-16-11-10-12-17-43)94-72(119)57-20-15-23-102(57)76(123)55(35-104)98-75(122)62(42(8)105)100-66(113)47(18-13-21-85-78(81)82)90-63(110)41(7)89-67(114)52(30-58(80)106)93-70(117)51(28-45-32-84-37-88-45)92-69(116)50(27-44-31-83-36-87-44)91-64(111)46(79)29-60(108)109/h10-12,16-17,31-32,36-42,46-57,61-62,103-105H,9,13-15,18-30,33-35,79H2,1-8H3,(H2,80,106)(H,83,87)(H,84,88)(H,86,112)(H,89,114)(H,90,110)(H,91,111)(H,92,116)(H,93,117)(H,94,119)(H,95,121)(H,96,118)(H,97,115)(H,98,122)(H,99,120)(H,100,113)(H,108,109)(H,124,125)(H4,81,82,85)/t40-,41-,42+,46-,47-,48-,49-,50-,51-,52-,53-,54-,55-,56-,57-,61-,62-/m0/s1. The molecule has 4 heterocycles. The van der Waals surface area contributed by atoms with E-state index in [-0.39, 0.29) is 101 Å². The summed E-state index contributed by atoms with van der Waals surface area (Å²) < 4.78 is 0. The molecule has 3 aromatic rings. The predicted octanol–water partition coefficient (Wildman–Crippen LogP) is -8.37. The Hall–Kier alpha value is -12.8. The highest BCUT2D eigenvalue weighted by Crippen LogP contribution is 2.23. The van der Waals surface area contributed by atoms with Crippen LogP contribution in [0.15, 0.2) is 55.4 Å². The number of aliphatic carboxylic acids is 2. The largest absolute Gasteiger partial charge is 0.481 e. The van der Waals surface area contributed by atoms with Crippen molar-refractivity contribution in [1.82, 2.24) is 104 Å². The van der Waals surface area contributed by atoms with Crippen LogP contribution < -0.4 is 91.6 Å². The average molecular weight is 1760 g/mol. The fourth-order valence-electron chi connectivity index (χ4n) is 13.6. The van der Waals surface area contributed by atoms with Crippen molar-refractivity contribution < 1.29 is 112 Å². The highest BCUT2D eigenvalue weighted by Gasteiger charge is 2.44. The second-order valence-corrected chi connectivity index (χ2v) is 31.6. The Labute approximate surface area is 719 Å². The van der Waals surface area contributed by atoms with Crippen LogP contribution in [-0.2, 0) is 106 Å². The second-order valence-electron chi connectivity index (χ2n) is 31.6. The number of aliphatic hydroxyl groups is 3. The van der Waals surface area contributed by atoms with Gasteiger partial charge in [0.15, 0.2) is 5.96 Å². The normalized spacial score (nSPS) is 17.3. The van der Waals surface area contributed by atoms with Gasteiger partial charge in [-0.15, -0.1) is 0 Å². The van der Waals surface area contributed by atoms with Gasteiger partial charge in [0.25, 0.3) is 0 Å². The van der Waals surface area contributed by atoms with Crippen molar-refractivity contribution in [2.75, 3.05) is 39.4 Å². The molecule has 47 nitrogen and oxygen atoms in total. The number of aliphatic hydroxyl groups excluding tert-OH is 3. The van der Waals surface area contributed by atoms with Gasteiger partial charge in [0.2, 0.25) is 94.5 Å². The summed E-state index contributed by atoms with van der Waals surface area (Å²) in [5, 5.41) is 92.8. The monoisotopic (exact) mass is 1760 g/mol. The number of guanidine groups is 1. The molecule has 0 bridgehead atoms. The minimum Gasteiger partial charge on any atom is -0.481 e. The van der Waals surface area contributed by atoms with Gasteiger partial charge < -0.3 is 137 Å². The van der Waals surface area contributed by atoms with Crippen molar-refractivity contribution >= 4 is 112 Å². The zero-order chi connectivity index (χ0) is 93.1. The van der Waals surface area contributed by atoms with Crippen LogP contribution in [0.4, 0.5) is 0 Å². The minimum atomic E-state index is -1.97. The third kappa shape index (κ3) is 33.4. The minimum absolute atomic E-state index is 0.00440. The number of hydrogen-bond acceptors (Lipinski definition) is 25.